The lowest BCUT2D eigenvalue weighted by Gasteiger charge is -2.53. The molecule has 2 aliphatic rings. The zero-order chi connectivity index (χ0) is 27.2. The molecule has 1 aromatic heterocycles. The van der Waals surface area contributed by atoms with E-state index in [4.69, 9.17) is 27.9 Å². The number of carbonyl (C=O) groups is 2. The van der Waals surface area contributed by atoms with E-state index in [1.54, 1.807) is 73.3 Å². The van der Waals surface area contributed by atoms with Crippen LogP contribution < -0.4 is 5.32 Å². The minimum absolute atomic E-state index is 0.149. The van der Waals surface area contributed by atoms with Crippen molar-refractivity contribution < 1.29 is 19.4 Å². The number of fused-ring (bicyclic) bond motifs is 1. The first kappa shape index (κ1) is 26.6. The van der Waals surface area contributed by atoms with Gasteiger partial charge in [-0.3, -0.25) is 24.4 Å². The lowest BCUT2D eigenvalue weighted by atomic mass is 9.83. The molecule has 2 aliphatic heterocycles. The van der Waals surface area contributed by atoms with Crippen LogP contribution in [-0.4, -0.2) is 58.4 Å². The van der Waals surface area contributed by atoms with Gasteiger partial charge in [0.15, 0.2) is 11.4 Å². The first-order valence-corrected chi connectivity index (χ1v) is 13.0. The summed E-state index contributed by atoms with van der Waals surface area (Å²) in [5.41, 5.74) is 0.151. The van der Waals surface area contributed by atoms with Gasteiger partial charge in [-0.15, -0.1) is 0 Å². The second-order valence-corrected chi connectivity index (χ2v) is 10.4. The van der Waals surface area contributed by atoms with Crippen molar-refractivity contribution in [2.75, 3.05) is 20.7 Å². The van der Waals surface area contributed by atoms with Crippen LogP contribution in [0.15, 0.2) is 60.8 Å². The van der Waals surface area contributed by atoms with Gasteiger partial charge in [0.1, 0.15) is 0 Å². The highest BCUT2D eigenvalue weighted by Crippen LogP contribution is 2.48. The molecule has 2 amide bonds. The lowest BCUT2D eigenvalue weighted by molar-refractivity contribution is -0.204. The van der Waals surface area contributed by atoms with E-state index in [9.17, 15) is 14.7 Å². The number of nitrogens with one attached hydrogen (secondary N) is 1. The Bertz CT molecular complexity index is 1380. The van der Waals surface area contributed by atoms with Crippen LogP contribution >= 0.6 is 23.2 Å². The SMILES string of the molecule is CCC(=O)NC1CN(C)C1(O)c1ccc2c(c1)C(=O)N(Cc1ccc(Cl)cn1)[C@@]2(OC)c1ccc(Cl)cc1. The fraction of sp³-hybridized carbons (Fsp3) is 0.321. The molecule has 0 saturated carbocycles. The van der Waals surface area contributed by atoms with Gasteiger partial charge in [0, 0.05) is 53.5 Å². The standard InChI is InChI=1S/C28H28Cl2N4O4/c1-4-25(35)32-24-16-33(2)27(24,37)18-7-12-23-22(13-18)26(36)34(15-21-11-10-20(30)14-31-21)28(23,38-3)17-5-8-19(29)9-6-17/h5-14,24,37H,4,15-16H2,1-3H3,(H,32,35)/t24?,27?,28-/m1/s1. The van der Waals surface area contributed by atoms with Crippen LogP contribution in [0.3, 0.4) is 0 Å². The topological polar surface area (TPSA) is 95.0 Å². The molecule has 1 saturated heterocycles. The average molecular weight is 555 g/mol. The number of hydrogen-bond acceptors (Lipinski definition) is 6. The number of likely N-dealkylation sites (tertiary alicyclic amines) is 1. The van der Waals surface area contributed by atoms with Crippen LogP contribution in [0.2, 0.25) is 10.0 Å². The van der Waals surface area contributed by atoms with Gasteiger partial charge >= 0.3 is 0 Å². The van der Waals surface area contributed by atoms with E-state index >= 15 is 0 Å². The number of rotatable bonds is 7. The molecule has 3 aromatic rings. The van der Waals surface area contributed by atoms with E-state index in [0.717, 1.165) is 0 Å². The van der Waals surface area contributed by atoms with Crippen molar-refractivity contribution in [2.24, 2.45) is 0 Å². The molecule has 38 heavy (non-hydrogen) atoms. The Balaban J connectivity index is 1.62. The number of aromatic nitrogens is 1. The predicted molar refractivity (Wildman–Crippen MR) is 144 cm³/mol. The third-order valence-corrected chi connectivity index (χ3v) is 7.96. The van der Waals surface area contributed by atoms with Gasteiger partial charge in [-0.05, 0) is 37.4 Å². The van der Waals surface area contributed by atoms with E-state index in [0.29, 0.717) is 51.0 Å². The number of aliphatic hydroxyl groups is 1. The Kier molecular flexibility index (Phi) is 6.96. The van der Waals surface area contributed by atoms with Crippen molar-refractivity contribution >= 4 is 35.0 Å². The number of amides is 2. The van der Waals surface area contributed by atoms with Gasteiger partial charge in [-0.2, -0.15) is 0 Å². The highest BCUT2D eigenvalue weighted by atomic mass is 35.5. The molecule has 0 spiro atoms. The number of halogens is 2. The third kappa shape index (κ3) is 4.08. The zero-order valence-corrected chi connectivity index (χ0v) is 22.8. The van der Waals surface area contributed by atoms with Crippen molar-refractivity contribution in [1.29, 1.82) is 0 Å². The number of hydrogen-bond donors (Lipinski definition) is 2. The van der Waals surface area contributed by atoms with Crippen molar-refractivity contribution in [1.82, 2.24) is 20.1 Å². The predicted octanol–water partition coefficient (Wildman–Crippen LogP) is 3.88. The highest BCUT2D eigenvalue weighted by molar-refractivity contribution is 6.30. The molecule has 0 aliphatic carbocycles. The molecule has 2 aromatic carbocycles. The van der Waals surface area contributed by atoms with Gasteiger partial charge < -0.3 is 15.2 Å². The normalized spacial score (nSPS) is 24.7. The molecule has 2 unspecified atom stereocenters. The molecule has 5 rings (SSSR count). The van der Waals surface area contributed by atoms with Gasteiger partial charge in [0.05, 0.1) is 23.3 Å². The summed E-state index contributed by atoms with van der Waals surface area (Å²) in [4.78, 5) is 33.9. The Morgan fingerprint density at radius 1 is 1.13 bits per heavy atom. The van der Waals surface area contributed by atoms with Gasteiger partial charge in [-0.1, -0.05) is 54.4 Å². The quantitative estimate of drug-likeness (QED) is 0.460. The van der Waals surface area contributed by atoms with Crippen molar-refractivity contribution in [3.05, 3.63) is 98.8 Å². The molecule has 1 fully saturated rings. The molecular formula is C28H28Cl2N4O4. The minimum atomic E-state index is -1.46. The van der Waals surface area contributed by atoms with Crippen molar-refractivity contribution in [3.63, 3.8) is 0 Å². The zero-order valence-electron chi connectivity index (χ0n) is 21.2. The summed E-state index contributed by atoms with van der Waals surface area (Å²) >= 11 is 12.2. The summed E-state index contributed by atoms with van der Waals surface area (Å²) in [6.07, 6.45) is 1.84. The molecule has 0 bridgehead atoms. The summed E-state index contributed by atoms with van der Waals surface area (Å²) in [6.45, 7) is 2.39. The van der Waals surface area contributed by atoms with E-state index in [2.05, 4.69) is 10.3 Å². The second kappa shape index (κ2) is 9.94. The molecular weight excluding hydrogens is 527 g/mol. The van der Waals surface area contributed by atoms with Crippen LogP contribution in [0.1, 0.15) is 46.1 Å². The Morgan fingerprint density at radius 3 is 2.42 bits per heavy atom. The summed E-state index contributed by atoms with van der Waals surface area (Å²) in [5.74, 6) is -0.434. The van der Waals surface area contributed by atoms with Crippen molar-refractivity contribution in [2.45, 2.75) is 37.4 Å². The third-order valence-electron chi connectivity index (χ3n) is 7.49. The molecule has 10 heteroatoms. The highest BCUT2D eigenvalue weighted by Gasteiger charge is 2.55. The fourth-order valence-corrected chi connectivity index (χ4v) is 5.65. The maximum Gasteiger partial charge on any atom is 0.257 e. The Labute approximate surface area is 231 Å². The van der Waals surface area contributed by atoms with E-state index in [1.165, 1.54) is 6.20 Å². The van der Waals surface area contributed by atoms with Crippen LogP contribution in [0.4, 0.5) is 0 Å². The monoisotopic (exact) mass is 554 g/mol. The summed E-state index contributed by atoms with van der Waals surface area (Å²) in [5, 5.41) is 15.6. The van der Waals surface area contributed by atoms with Gasteiger partial charge in [-0.25, -0.2) is 0 Å². The van der Waals surface area contributed by atoms with Crippen molar-refractivity contribution in [3.8, 4) is 0 Å². The first-order chi connectivity index (χ1) is 18.1. The molecule has 2 N–H and O–H groups in total. The smallest absolute Gasteiger partial charge is 0.257 e. The largest absolute Gasteiger partial charge is 0.369 e. The Hall–Kier alpha value is -3.01. The second-order valence-electron chi connectivity index (χ2n) is 9.55. The van der Waals surface area contributed by atoms with E-state index in [-0.39, 0.29) is 18.4 Å². The van der Waals surface area contributed by atoms with Gasteiger partial charge in [0.2, 0.25) is 5.91 Å². The van der Waals surface area contributed by atoms with Crippen LogP contribution in [-0.2, 0) is 27.5 Å². The van der Waals surface area contributed by atoms with E-state index in [1.807, 2.05) is 12.1 Å². The van der Waals surface area contributed by atoms with Gasteiger partial charge in [0.25, 0.3) is 5.91 Å². The number of nitrogens with zero attached hydrogens (tertiary/aromatic N) is 3. The maximum absolute atomic E-state index is 14.1. The van der Waals surface area contributed by atoms with Crippen LogP contribution in [0, 0.1) is 0 Å². The molecule has 3 heterocycles. The molecule has 3 atom stereocenters. The molecule has 198 valence electrons. The molecule has 0 radical (unpaired) electrons. The number of ether oxygens (including phenoxy) is 1. The molecule has 8 nitrogen and oxygen atoms in total. The number of likely N-dealkylation sites (N-methyl/N-ethyl adjacent to an activating group) is 1. The summed E-state index contributed by atoms with van der Waals surface area (Å²) in [7, 11) is 3.33. The number of methoxy groups -OCH3 is 1. The number of carbonyl (C=O) groups excluding carboxylic acids is 2. The number of benzene rings is 2. The Morgan fingerprint density at radius 2 is 1.82 bits per heavy atom. The van der Waals surface area contributed by atoms with Crippen LogP contribution in [0.5, 0.6) is 0 Å². The van der Waals surface area contributed by atoms with Crippen LogP contribution in [0.25, 0.3) is 0 Å². The maximum atomic E-state index is 14.1. The lowest BCUT2D eigenvalue weighted by Crippen LogP contribution is -2.72. The summed E-state index contributed by atoms with van der Waals surface area (Å²) in [6, 6.07) is 15.4. The minimum Gasteiger partial charge on any atom is -0.369 e. The fourth-order valence-electron chi connectivity index (χ4n) is 5.41. The average Bonchev–Trinajstić information content (AvgIpc) is 3.16. The van der Waals surface area contributed by atoms with E-state index < -0.39 is 17.5 Å². The summed E-state index contributed by atoms with van der Waals surface area (Å²) < 4.78 is 6.18. The first-order valence-electron chi connectivity index (χ1n) is 12.3. The number of pyridine rings is 1.